The van der Waals surface area contributed by atoms with Crippen LogP contribution < -0.4 is 5.90 Å². The Hall–Kier alpha value is -0.610. The molecule has 0 saturated heterocycles. The average molecular weight is 118 g/mol. The molecule has 8 heavy (non-hydrogen) atoms. The van der Waals surface area contributed by atoms with Crippen molar-refractivity contribution in [3.8, 4) is 0 Å². The van der Waals surface area contributed by atoms with Crippen molar-refractivity contribution in [2.24, 2.45) is 11.1 Å². The minimum atomic E-state index is 0.0104. The van der Waals surface area contributed by atoms with Crippen LogP contribution in [0.15, 0.2) is 5.16 Å². The second kappa shape index (κ2) is 6.39. The molecule has 0 atom stereocenters. The molecule has 0 fully saturated rings. The van der Waals surface area contributed by atoms with Crippen molar-refractivity contribution < 1.29 is 9.68 Å². The molecule has 0 bridgehead atoms. The third-order valence-corrected chi connectivity index (χ3v) is 0.452. The normalized spacial score (nSPS) is 10.2. The summed E-state index contributed by atoms with van der Waals surface area (Å²) in [5, 5.41) is 3.45. The summed E-state index contributed by atoms with van der Waals surface area (Å²) in [7, 11) is 0. The Kier molecular flexibility index (Phi) is 5.90. The third-order valence-electron chi connectivity index (χ3n) is 0.452. The number of nitrogens with two attached hydrogens (primary N) is 1. The van der Waals surface area contributed by atoms with Crippen LogP contribution in [0.25, 0.3) is 0 Å². The van der Waals surface area contributed by atoms with Gasteiger partial charge in [-0.05, 0) is 6.42 Å². The van der Waals surface area contributed by atoms with Crippen molar-refractivity contribution in [2.45, 2.75) is 13.3 Å². The third kappa shape index (κ3) is 5.39. The van der Waals surface area contributed by atoms with Gasteiger partial charge in [0.1, 0.15) is 0 Å². The molecule has 2 N–H and O–H groups in total. The average Bonchev–Trinajstić information content (AvgIpc) is 1.81. The van der Waals surface area contributed by atoms with Crippen LogP contribution in [0.4, 0.5) is 0 Å². The molecule has 0 aliphatic rings. The van der Waals surface area contributed by atoms with Crippen LogP contribution in [0.1, 0.15) is 13.3 Å². The van der Waals surface area contributed by atoms with Gasteiger partial charge in [0.05, 0.1) is 0 Å². The van der Waals surface area contributed by atoms with Crippen molar-refractivity contribution in [2.75, 3.05) is 6.79 Å². The van der Waals surface area contributed by atoms with E-state index in [1.807, 2.05) is 6.92 Å². The lowest BCUT2D eigenvalue weighted by Gasteiger charge is -1.91. The van der Waals surface area contributed by atoms with Crippen LogP contribution in [-0.2, 0) is 9.68 Å². The molecule has 0 aromatic rings. The zero-order valence-corrected chi connectivity index (χ0v) is 4.83. The molecule has 0 heterocycles. The van der Waals surface area contributed by atoms with Gasteiger partial charge in [-0.3, -0.25) is 4.84 Å². The van der Waals surface area contributed by atoms with Gasteiger partial charge in [-0.15, -0.1) is 0 Å². The minimum Gasteiger partial charge on any atom is -0.366 e. The van der Waals surface area contributed by atoms with Gasteiger partial charge in [0, 0.05) is 6.21 Å². The summed E-state index contributed by atoms with van der Waals surface area (Å²) in [5.41, 5.74) is 0. The Morgan fingerprint density at radius 2 is 2.50 bits per heavy atom. The molecule has 0 amide bonds. The standard InChI is InChI=1S/C4H10N2O2/c1-2-3-6-8-4-7-5/h3H,2,4-5H2,1H3/b6-3+. The van der Waals surface area contributed by atoms with Crippen LogP contribution in [0.2, 0.25) is 0 Å². The monoisotopic (exact) mass is 118 g/mol. The quantitative estimate of drug-likeness (QED) is 0.249. The Morgan fingerprint density at radius 1 is 1.75 bits per heavy atom. The molecule has 0 rings (SSSR count). The van der Waals surface area contributed by atoms with Gasteiger partial charge < -0.3 is 4.84 Å². The number of hydrogen-bond donors (Lipinski definition) is 1. The molecule has 4 nitrogen and oxygen atoms in total. The molecule has 4 heteroatoms. The molecule has 0 aromatic carbocycles. The number of rotatable bonds is 4. The second-order valence-corrected chi connectivity index (χ2v) is 1.11. The predicted molar refractivity (Wildman–Crippen MR) is 30.0 cm³/mol. The van der Waals surface area contributed by atoms with Gasteiger partial charge in [-0.25, -0.2) is 5.90 Å². The SMILES string of the molecule is CC/C=N/OCON. The van der Waals surface area contributed by atoms with E-state index in [0.717, 1.165) is 6.42 Å². The highest BCUT2D eigenvalue weighted by molar-refractivity contribution is 5.55. The van der Waals surface area contributed by atoms with Crippen molar-refractivity contribution in [3.05, 3.63) is 0 Å². The molecule has 0 saturated carbocycles. The van der Waals surface area contributed by atoms with Crippen molar-refractivity contribution in [1.29, 1.82) is 0 Å². The molecular formula is C4H10N2O2. The van der Waals surface area contributed by atoms with E-state index in [2.05, 4.69) is 20.7 Å². The smallest absolute Gasteiger partial charge is 0.233 e. The van der Waals surface area contributed by atoms with E-state index in [0.29, 0.717) is 0 Å². The van der Waals surface area contributed by atoms with Crippen LogP contribution in [0.5, 0.6) is 0 Å². The summed E-state index contributed by atoms with van der Waals surface area (Å²) in [4.78, 5) is 8.50. The fraction of sp³-hybridized carbons (Fsp3) is 0.750. The topological polar surface area (TPSA) is 56.8 Å². The Balaban J connectivity index is 2.80. The van der Waals surface area contributed by atoms with Gasteiger partial charge >= 0.3 is 0 Å². The summed E-state index contributed by atoms with van der Waals surface area (Å²) in [6.07, 6.45) is 2.48. The van der Waals surface area contributed by atoms with E-state index in [-0.39, 0.29) is 6.79 Å². The van der Waals surface area contributed by atoms with Gasteiger partial charge in [-0.2, -0.15) is 0 Å². The summed E-state index contributed by atoms with van der Waals surface area (Å²) in [6, 6.07) is 0. The molecule has 0 aliphatic carbocycles. The zero-order chi connectivity index (χ0) is 6.24. The Labute approximate surface area is 48.2 Å². The van der Waals surface area contributed by atoms with Crippen LogP contribution in [0, 0.1) is 0 Å². The molecular weight excluding hydrogens is 108 g/mol. The predicted octanol–water partition coefficient (Wildman–Crippen LogP) is 0.247. The maximum atomic E-state index is 4.61. The first-order chi connectivity index (χ1) is 3.91. The maximum absolute atomic E-state index is 4.61. The lowest BCUT2D eigenvalue weighted by atomic mass is 10.6. The van der Waals surface area contributed by atoms with Gasteiger partial charge in [-0.1, -0.05) is 12.1 Å². The first-order valence-electron chi connectivity index (χ1n) is 2.37. The Morgan fingerprint density at radius 3 is 3.00 bits per heavy atom. The van der Waals surface area contributed by atoms with Crippen LogP contribution in [-0.4, -0.2) is 13.0 Å². The molecule has 0 spiro atoms. The molecule has 0 aliphatic heterocycles. The second-order valence-electron chi connectivity index (χ2n) is 1.11. The van der Waals surface area contributed by atoms with E-state index >= 15 is 0 Å². The first-order valence-corrected chi connectivity index (χ1v) is 2.37. The highest BCUT2D eigenvalue weighted by Crippen LogP contribution is 1.73. The Bertz CT molecular complexity index is 65.1. The van der Waals surface area contributed by atoms with E-state index in [1.165, 1.54) is 0 Å². The summed E-state index contributed by atoms with van der Waals surface area (Å²) in [6.45, 7) is 1.96. The maximum Gasteiger partial charge on any atom is 0.233 e. The fourth-order valence-corrected chi connectivity index (χ4v) is 0.188. The van der Waals surface area contributed by atoms with Gasteiger partial charge in [0.15, 0.2) is 0 Å². The minimum absolute atomic E-state index is 0.0104. The number of oxime groups is 1. The number of nitrogens with zero attached hydrogens (tertiary/aromatic N) is 1. The van der Waals surface area contributed by atoms with Crippen molar-refractivity contribution in [1.82, 2.24) is 0 Å². The van der Waals surface area contributed by atoms with Gasteiger partial charge in [0.25, 0.3) is 0 Å². The highest BCUT2D eigenvalue weighted by Gasteiger charge is 1.72. The van der Waals surface area contributed by atoms with E-state index in [1.54, 1.807) is 6.21 Å². The van der Waals surface area contributed by atoms with E-state index in [9.17, 15) is 0 Å². The lowest BCUT2D eigenvalue weighted by Crippen LogP contribution is -2.01. The first kappa shape index (κ1) is 7.39. The fourth-order valence-electron chi connectivity index (χ4n) is 0.188. The van der Waals surface area contributed by atoms with Crippen LogP contribution in [0.3, 0.4) is 0 Å². The highest BCUT2D eigenvalue weighted by atomic mass is 16.8. The summed E-state index contributed by atoms with van der Waals surface area (Å²) < 4.78 is 0. The molecule has 0 radical (unpaired) electrons. The number of hydrogen-bond acceptors (Lipinski definition) is 4. The molecule has 0 unspecified atom stereocenters. The largest absolute Gasteiger partial charge is 0.366 e. The van der Waals surface area contributed by atoms with Crippen molar-refractivity contribution >= 4 is 6.21 Å². The summed E-state index contributed by atoms with van der Waals surface area (Å²) >= 11 is 0. The zero-order valence-electron chi connectivity index (χ0n) is 4.83. The van der Waals surface area contributed by atoms with Crippen molar-refractivity contribution in [3.63, 3.8) is 0 Å². The summed E-state index contributed by atoms with van der Waals surface area (Å²) in [5.74, 6) is 4.61. The van der Waals surface area contributed by atoms with Gasteiger partial charge in [0.2, 0.25) is 6.79 Å². The van der Waals surface area contributed by atoms with E-state index in [4.69, 9.17) is 0 Å². The molecule has 48 valence electrons. The lowest BCUT2D eigenvalue weighted by molar-refractivity contribution is -0.0534. The van der Waals surface area contributed by atoms with Crippen LogP contribution >= 0.6 is 0 Å². The molecule has 0 aromatic heterocycles. The van der Waals surface area contributed by atoms with E-state index < -0.39 is 0 Å².